The van der Waals surface area contributed by atoms with E-state index in [0.29, 0.717) is 10.8 Å². The number of nitrogens with zero attached hydrogens (tertiary/aromatic N) is 3. The molecule has 6 nitrogen and oxygen atoms in total. The quantitative estimate of drug-likeness (QED) is 0.488. The number of hydrogen-bond acceptors (Lipinski definition) is 5. The highest BCUT2D eigenvalue weighted by atomic mass is 35.5. The molecule has 0 aliphatic rings. The maximum Gasteiger partial charge on any atom is 0.278 e. The summed E-state index contributed by atoms with van der Waals surface area (Å²) in [6, 6.07) is 7.64. The van der Waals surface area contributed by atoms with Gasteiger partial charge in [0.15, 0.2) is 0 Å². The molecule has 1 heterocycles. The smallest absolute Gasteiger partial charge is 0.278 e. The van der Waals surface area contributed by atoms with Crippen molar-refractivity contribution in [3.63, 3.8) is 0 Å². The molecule has 1 aromatic heterocycles. The second-order valence-corrected chi connectivity index (χ2v) is 3.90. The van der Waals surface area contributed by atoms with Crippen LogP contribution in [0.25, 0.3) is 0 Å². The molecule has 0 radical (unpaired) electrons. The molecule has 0 unspecified atom stereocenters. The molecule has 96 valence electrons. The SMILES string of the molecule is O=[N+]([O-])c1ccc(Cl)cc1/C=N\N=C/c1ccco1. The molecule has 0 aliphatic heterocycles. The van der Waals surface area contributed by atoms with Crippen molar-refractivity contribution in [2.24, 2.45) is 10.2 Å². The van der Waals surface area contributed by atoms with Crippen molar-refractivity contribution >= 4 is 29.7 Å². The van der Waals surface area contributed by atoms with Gasteiger partial charge in [-0.25, -0.2) is 0 Å². The van der Waals surface area contributed by atoms with Crippen LogP contribution in [0, 0.1) is 10.1 Å². The van der Waals surface area contributed by atoms with Gasteiger partial charge in [-0.2, -0.15) is 10.2 Å². The molecule has 0 aliphatic carbocycles. The molecule has 0 saturated carbocycles. The molecular weight excluding hydrogens is 270 g/mol. The Balaban J connectivity index is 2.18. The molecule has 0 atom stereocenters. The van der Waals surface area contributed by atoms with Crippen LogP contribution < -0.4 is 0 Å². The van der Waals surface area contributed by atoms with E-state index in [9.17, 15) is 10.1 Å². The molecule has 0 N–H and O–H groups in total. The highest BCUT2D eigenvalue weighted by Crippen LogP contribution is 2.21. The summed E-state index contributed by atoms with van der Waals surface area (Å²) in [5, 5.41) is 18.6. The number of benzene rings is 1. The van der Waals surface area contributed by atoms with Crippen LogP contribution in [-0.2, 0) is 0 Å². The average Bonchev–Trinajstić information content (AvgIpc) is 2.87. The van der Waals surface area contributed by atoms with Gasteiger partial charge in [-0.1, -0.05) is 11.6 Å². The molecule has 0 saturated heterocycles. The minimum absolute atomic E-state index is 0.0821. The zero-order chi connectivity index (χ0) is 13.7. The van der Waals surface area contributed by atoms with Gasteiger partial charge in [0.25, 0.3) is 5.69 Å². The fraction of sp³-hybridized carbons (Fsp3) is 0. The first kappa shape index (κ1) is 13.0. The highest BCUT2D eigenvalue weighted by Gasteiger charge is 2.11. The van der Waals surface area contributed by atoms with Gasteiger partial charge in [0.1, 0.15) is 5.76 Å². The lowest BCUT2D eigenvalue weighted by molar-refractivity contribution is -0.385. The highest BCUT2D eigenvalue weighted by molar-refractivity contribution is 6.31. The Labute approximate surface area is 113 Å². The molecule has 19 heavy (non-hydrogen) atoms. The van der Waals surface area contributed by atoms with Crippen LogP contribution in [0.1, 0.15) is 11.3 Å². The summed E-state index contributed by atoms with van der Waals surface area (Å²) < 4.78 is 5.01. The molecule has 0 amide bonds. The van der Waals surface area contributed by atoms with Crippen LogP contribution in [-0.4, -0.2) is 17.4 Å². The minimum Gasteiger partial charge on any atom is -0.463 e. The first-order valence-electron chi connectivity index (χ1n) is 5.20. The number of nitro groups is 1. The summed E-state index contributed by atoms with van der Waals surface area (Å²) in [5.41, 5.74) is 0.204. The van der Waals surface area contributed by atoms with Crippen LogP contribution in [0.5, 0.6) is 0 Å². The van der Waals surface area contributed by atoms with E-state index >= 15 is 0 Å². The molecule has 2 aromatic rings. The van der Waals surface area contributed by atoms with E-state index < -0.39 is 4.92 Å². The molecule has 0 bridgehead atoms. The normalized spacial score (nSPS) is 11.4. The summed E-state index contributed by atoms with van der Waals surface area (Å²) in [6.07, 6.45) is 4.17. The third-order valence-corrected chi connectivity index (χ3v) is 2.41. The van der Waals surface area contributed by atoms with Gasteiger partial charge in [-0.3, -0.25) is 10.1 Å². The molecule has 7 heteroatoms. The van der Waals surface area contributed by atoms with Crippen LogP contribution in [0.3, 0.4) is 0 Å². The van der Waals surface area contributed by atoms with Crippen molar-refractivity contribution in [3.05, 3.63) is 63.1 Å². The largest absolute Gasteiger partial charge is 0.463 e. The lowest BCUT2D eigenvalue weighted by Gasteiger charge is -1.96. The fourth-order valence-electron chi connectivity index (χ4n) is 1.35. The number of hydrogen-bond donors (Lipinski definition) is 0. The topological polar surface area (TPSA) is 81.0 Å². The Bertz CT molecular complexity index is 636. The van der Waals surface area contributed by atoms with Gasteiger partial charge in [0, 0.05) is 11.1 Å². The Morgan fingerprint density at radius 2 is 2.05 bits per heavy atom. The second-order valence-electron chi connectivity index (χ2n) is 3.46. The van der Waals surface area contributed by atoms with E-state index in [1.807, 2.05) is 0 Å². The lowest BCUT2D eigenvalue weighted by atomic mass is 10.2. The van der Waals surface area contributed by atoms with Gasteiger partial charge in [0.05, 0.1) is 29.2 Å². The number of furan rings is 1. The van der Waals surface area contributed by atoms with Crippen LogP contribution in [0.2, 0.25) is 5.02 Å². The number of rotatable bonds is 4. The maximum absolute atomic E-state index is 10.8. The standard InChI is InChI=1S/C12H8ClN3O3/c13-10-3-4-12(16(17)18)9(6-10)7-14-15-8-11-2-1-5-19-11/h1-8H/b14-7-,15-8-. The van der Waals surface area contributed by atoms with Gasteiger partial charge >= 0.3 is 0 Å². The van der Waals surface area contributed by atoms with Crippen molar-refractivity contribution in [2.75, 3.05) is 0 Å². The number of nitro benzene ring substituents is 1. The molecule has 0 spiro atoms. The van der Waals surface area contributed by atoms with Crippen LogP contribution >= 0.6 is 11.6 Å². The van der Waals surface area contributed by atoms with E-state index in [0.717, 1.165) is 0 Å². The van der Waals surface area contributed by atoms with Crippen molar-refractivity contribution in [1.29, 1.82) is 0 Å². The first-order valence-corrected chi connectivity index (χ1v) is 5.58. The predicted octanol–water partition coefficient (Wildman–Crippen LogP) is 3.29. The van der Waals surface area contributed by atoms with Crippen molar-refractivity contribution in [3.8, 4) is 0 Å². The third kappa shape index (κ3) is 3.49. The fourth-order valence-corrected chi connectivity index (χ4v) is 1.53. The average molecular weight is 278 g/mol. The zero-order valence-electron chi connectivity index (χ0n) is 9.56. The third-order valence-electron chi connectivity index (χ3n) is 2.18. The Hall–Kier alpha value is -2.47. The van der Waals surface area contributed by atoms with Crippen LogP contribution in [0.4, 0.5) is 5.69 Å². The van der Waals surface area contributed by atoms with Gasteiger partial charge in [-0.05, 0) is 24.3 Å². The summed E-state index contributed by atoms with van der Waals surface area (Å²) in [7, 11) is 0. The zero-order valence-corrected chi connectivity index (χ0v) is 10.3. The van der Waals surface area contributed by atoms with E-state index in [1.165, 1.54) is 36.9 Å². The molecule has 1 aromatic carbocycles. The maximum atomic E-state index is 10.8. The van der Waals surface area contributed by atoms with Crippen molar-refractivity contribution in [2.45, 2.75) is 0 Å². The van der Waals surface area contributed by atoms with E-state index in [-0.39, 0.29) is 11.3 Å². The summed E-state index contributed by atoms with van der Waals surface area (Å²) in [5.74, 6) is 0.540. The Morgan fingerprint density at radius 1 is 1.26 bits per heavy atom. The van der Waals surface area contributed by atoms with E-state index in [1.54, 1.807) is 12.1 Å². The van der Waals surface area contributed by atoms with Gasteiger partial charge in [0.2, 0.25) is 0 Å². The number of halogens is 1. The van der Waals surface area contributed by atoms with Crippen molar-refractivity contribution < 1.29 is 9.34 Å². The van der Waals surface area contributed by atoms with Crippen molar-refractivity contribution in [1.82, 2.24) is 0 Å². The predicted molar refractivity (Wildman–Crippen MR) is 72.0 cm³/mol. The Morgan fingerprint density at radius 3 is 2.74 bits per heavy atom. The monoisotopic (exact) mass is 277 g/mol. The first-order chi connectivity index (χ1) is 9.16. The summed E-state index contributed by atoms with van der Waals surface area (Å²) >= 11 is 5.78. The van der Waals surface area contributed by atoms with Gasteiger partial charge < -0.3 is 4.42 Å². The molecule has 0 fully saturated rings. The van der Waals surface area contributed by atoms with Crippen LogP contribution in [0.15, 0.2) is 51.2 Å². The van der Waals surface area contributed by atoms with E-state index in [2.05, 4.69) is 10.2 Å². The lowest BCUT2D eigenvalue weighted by Crippen LogP contribution is -1.94. The summed E-state index contributed by atoms with van der Waals surface area (Å²) in [4.78, 5) is 10.3. The second kappa shape index (κ2) is 5.92. The summed E-state index contributed by atoms with van der Waals surface area (Å²) in [6.45, 7) is 0. The minimum atomic E-state index is -0.506. The van der Waals surface area contributed by atoms with Gasteiger partial charge in [-0.15, -0.1) is 0 Å². The molecular formula is C12H8ClN3O3. The van der Waals surface area contributed by atoms with E-state index in [4.69, 9.17) is 16.0 Å². The molecule has 2 rings (SSSR count). The Kier molecular flexibility index (Phi) is 4.04.